The second kappa shape index (κ2) is 7.65. The predicted molar refractivity (Wildman–Crippen MR) is 84.4 cm³/mol. The highest BCUT2D eigenvalue weighted by molar-refractivity contribution is 5.33. The van der Waals surface area contributed by atoms with Crippen LogP contribution < -0.4 is 15.4 Å². The number of benzene rings is 1. The molecule has 1 aliphatic rings. The third-order valence-electron chi connectivity index (χ3n) is 4.09. The molecule has 0 amide bonds. The summed E-state index contributed by atoms with van der Waals surface area (Å²) in [4.78, 5) is 0. The fourth-order valence-electron chi connectivity index (χ4n) is 3.20. The van der Waals surface area contributed by atoms with E-state index in [2.05, 4.69) is 36.6 Å². The molecule has 0 saturated carbocycles. The zero-order chi connectivity index (χ0) is 14.4. The summed E-state index contributed by atoms with van der Waals surface area (Å²) in [5, 5.41) is 7.28. The van der Waals surface area contributed by atoms with Gasteiger partial charge in [-0.15, -0.1) is 0 Å². The summed E-state index contributed by atoms with van der Waals surface area (Å²) < 4.78 is 5.42. The van der Waals surface area contributed by atoms with Gasteiger partial charge in [-0.25, -0.2) is 0 Å². The van der Waals surface area contributed by atoms with Crippen LogP contribution in [0.4, 0.5) is 0 Å². The van der Waals surface area contributed by atoms with E-state index in [1.54, 1.807) is 7.11 Å². The van der Waals surface area contributed by atoms with Gasteiger partial charge in [-0.1, -0.05) is 18.2 Å². The maximum absolute atomic E-state index is 5.42. The molecule has 0 bridgehead atoms. The van der Waals surface area contributed by atoms with Crippen molar-refractivity contribution in [2.75, 3.05) is 13.7 Å². The van der Waals surface area contributed by atoms with Gasteiger partial charge in [0.1, 0.15) is 5.75 Å². The van der Waals surface area contributed by atoms with Crippen LogP contribution in [0, 0.1) is 0 Å². The second-order valence-electron chi connectivity index (χ2n) is 6.01. The first-order valence-electron chi connectivity index (χ1n) is 7.80. The van der Waals surface area contributed by atoms with Crippen LogP contribution >= 0.6 is 0 Å². The van der Waals surface area contributed by atoms with E-state index in [0.29, 0.717) is 18.1 Å². The molecule has 1 fully saturated rings. The van der Waals surface area contributed by atoms with Gasteiger partial charge in [0.05, 0.1) is 7.11 Å². The van der Waals surface area contributed by atoms with Gasteiger partial charge >= 0.3 is 0 Å². The van der Waals surface area contributed by atoms with Gasteiger partial charge in [-0.2, -0.15) is 0 Å². The van der Waals surface area contributed by atoms with Crippen LogP contribution in [-0.4, -0.2) is 31.8 Å². The van der Waals surface area contributed by atoms with Crippen molar-refractivity contribution < 1.29 is 4.74 Å². The quantitative estimate of drug-likeness (QED) is 0.803. The Morgan fingerprint density at radius 1 is 1.30 bits per heavy atom. The molecule has 1 aromatic rings. The molecule has 3 unspecified atom stereocenters. The first-order valence-corrected chi connectivity index (χ1v) is 7.80. The molecule has 1 aliphatic heterocycles. The Morgan fingerprint density at radius 3 is 2.80 bits per heavy atom. The van der Waals surface area contributed by atoms with Crippen LogP contribution in [0.1, 0.15) is 38.7 Å². The molecular formula is C17H28N2O. The molecule has 1 heterocycles. The first-order chi connectivity index (χ1) is 9.69. The average Bonchev–Trinajstić information content (AvgIpc) is 2.91. The lowest BCUT2D eigenvalue weighted by Crippen LogP contribution is -2.39. The molecule has 0 aromatic heterocycles. The van der Waals surface area contributed by atoms with E-state index in [4.69, 9.17) is 4.74 Å². The van der Waals surface area contributed by atoms with Crippen molar-refractivity contribution in [1.29, 1.82) is 0 Å². The van der Waals surface area contributed by atoms with E-state index in [-0.39, 0.29) is 0 Å². The minimum atomic E-state index is 0.461. The topological polar surface area (TPSA) is 33.3 Å². The van der Waals surface area contributed by atoms with Gasteiger partial charge < -0.3 is 15.4 Å². The highest BCUT2D eigenvalue weighted by Gasteiger charge is 2.18. The highest BCUT2D eigenvalue weighted by atomic mass is 16.5. The lowest BCUT2D eigenvalue weighted by atomic mass is 10.0. The summed E-state index contributed by atoms with van der Waals surface area (Å²) >= 11 is 0. The normalized spacial score (nSPS) is 21.6. The zero-order valence-electron chi connectivity index (χ0n) is 13.0. The third-order valence-corrected chi connectivity index (χ3v) is 4.09. The van der Waals surface area contributed by atoms with Crippen LogP contribution in [0.2, 0.25) is 0 Å². The maximum atomic E-state index is 5.42. The number of rotatable bonds is 7. The standard InChI is InChI=1S/C17H28N2O/c1-13(11-15-7-4-5-9-17(15)20-3)19-14(2)12-16-8-6-10-18-16/h4-5,7,9,13-14,16,18-19H,6,8,10-12H2,1-3H3. The molecule has 1 aromatic carbocycles. The van der Waals surface area contributed by atoms with Crippen LogP contribution in [-0.2, 0) is 6.42 Å². The molecule has 112 valence electrons. The molecule has 20 heavy (non-hydrogen) atoms. The Balaban J connectivity index is 1.80. The van der Waals surface area contributed by atoms with Gasteiger partial charge in [0, 0.05) is 18.1 Å². The Labute approximate surface area is 123 Å². The maximum Gasteiger partial charge on any atom is 0.122 e. The van der Waals surface area contributed by atoms with Crippen LogP contribution in [0.15, 0.2) is 24.3 Å². The van der Waals surface area contributed by atoms with Gasteiger partial charge in [-0.05, 0) is 57.7 Å². The van der Waals surface area contributed by atoms with E-state index < -0.39 is 0 Å². The number of ether oxygens (including phenoxy) is 1. The Bertz CT molecular complexity index is 402. The molecule has 2 N–H and O–H groups in total. The second-order valence-corrected chi connectivity index (χ2v) is 6.01. The summed E-state index contributed by atoms with van der Waals surface area (Å²) in [5.74, 6) is 0.992. The molecule has 3 nitrogen and oxygen atoms in total. The largest absolute Gasteiger partial charge is 0.496 e. The number of hydrogen-bond donors (Lipinski definition) is 2. The molecule has 0 spiro atoms. The van der Waals surface area contributed by atoms with Crippen LogP contribution in [0.3, 0.4) is 0 Å². The molecule has 3 heteroatoms. The van der Waals surface area contributed by atoms with Crippen molar-refractivity contribution in [2.45, 2.75) is 57.7 Å². The Kier molecular flexibility index (Phi) is 5.86. The zero-order valence-corrected chi connectivity index (χ0v) is 13.0. The minimum Gasteiger partial charge on any atom is -0.496 e. The van der Waals surface area contributed by atoms with E-state index in [9.17, 15) is 0 Å². The number of methoxy groups -OCH3 is 1. The fraction of sp³-hybridized carbons (Fsp3) is 0.647. The number of nitrogens with one attached hydrogen (secondary N) is 2. The highest BCUT2D eigenvalue weighted by Crippen LogP contribution is 2.19. The van der Waals surface area contributed by atoms with Crippen molar-refractivity contribution in [3.05, 3.63) is 29.8 Å². The van der Waals surface area contributed by atoms with Gasteiger partial charge in [0.15, 0.2) is 0 Å². The number of hydrogen-bond acceptors (Lipinski definition) is 3. The Morgan fingerprint density at radius 2 is 2.10 bits per heavy atom. The summed E-state index contributed by atoms with van der Waals surface area (Å²) in [5.41, 5.74) is 1.28. The van der Waals surface area contributed by atoms with E-state index in [0.717, 1.165) is 12.2 Å². The van der Waals surface area contributed by atoms with Crippen molar-refractivity contribution >= 4 is 0 Å². The van der Waals surface area contributed by atoms with Crippen molar-refractivity contribution in [2.24, 2.45) is 0 Å². The molecule has 0 aliphatic carbocycles. The summed E-state index contributed by atoms with van der Waals surface area (Å²) in [6.07, 6.45) is 4.88. The predicted octanol–water partition coefficient (Wildman–Crippen LogP) is 2.75. The summed E-state index contributed by atoms with van der Waals surface area (Å²) in [6.45, 7) is 5.73. The summed E-state index contributed by atoms with van der Waals surface area (Å²) in [6, 6.07) is 10.0. The van der Waals surface area contributed by atoms with Gasteiger partial charge in [-0.3, -0.25) is 0 Å². The van der Waals surface area contributed by atoms with Gasteiger partial charge in [0.25, 0.3) is 0 Å². The monoisotopic (exact) mass is 276 g/mol. The fourth-order valence-corrected chi connectivity index (χ4v) is 3.20. The summed E-state index contributed by atoms with van der Waals surface area (Å²) in [7, 11) is 1.74. The lowest BCUT2D eigenvalue weighted by molar-refractivity contribution is 0.388. The van der Waals surface area contributed by atoms with E-state index in [1.807, 2.05) is 12.1 Å². The van der Waals surface area contributed by atoms with Gasteiger partial charge in [0.2, 0.25) is 0 Å². The third kappa shape index (κ3) is 4.50. The van der Waals surface area contributed by atoms with Crippen molar-refractivity contribution in [1.82, 2.24) is 10.6 Å². The number of para-hydroxylation sites is 1. The molecule has 1 saturated heterocycles. The molecule has 2 rings (SSSR count). The van der Waals surface area contributed by atoms with Crippen molar-refractivity contribution in [3.63, 3.8) is 0 Å². The smallest absolute Gasteiger partial charge is 0.122 e. The lowest BCUT2D eigenvalue weighted by Gasteiger charge is -2.23. The Hall–Kier alpha value is -1.06. The van der Waals surface area contributed by atoms with Crippen molar-refractivity contribution in [3.8, 4) is 5.75 Å². The van der Waals surface area contributed by atoms with E-state index in [1.165, 1.54) is 31.4 Å². The SMILES string of the molecule is COc1ccccc1CC(C)NC(C)CC1CCCN1. The molecule has 3 atom stereocenters. The van der Waals surface area contributed by atoms with E-state index >= 15 is 0 Å². The minimum absolute atomic E-state index is 0.461. The first kappa shape index (κ1) is 15.3. The van der Waals surface area contributed by atoms with Crippen LogP contribution in [0.25, 0.3) is 0 Å². The average molecular weight is 276 g/mol. The van der Waals surface area contributed by atoms with Crippen LogP contribution in [0.5, 0.6) is 5.75 Å². The molecular weight excluding hydrogens is 248 g/mol. The molecule has 0 radical (unpaired) electrons.